The molecule has 2 heterocycles. The molecule has 0 aliphatic carbocycles. The minimum atomic E-state index is 0.194. The van der Waals surface area contributed by atoms with Crippen LogP contribution in [-0.4, -0.2) is 57.6 Å². The van der Waals surface area contributed by atoms with Crippen molar-refractivity contribution in [3.05, 3.63) is 30.3 Å². The number of methoxy groups -OCH3 is 1. The molecule has 1 fully saturated rings. The van der Waals surface area contributed by atoms with E-state index >= 15 is 0 Å². The van der Waals surface area contributed by atoms with Crippen LogP contribution in [0.25, 0.3) is 11.4 Å². The largest absolute Gasteiger partial charge is 0.385 e. The fraction of sp³-hybridized carbons (Fsp3) is 0.550. The van der Waals surface area contributed by atoms with Crippen molar-refractivity contribution >= 4 is 17.7 Å². The van der Waals surface area contributed by atoms with Crippen LogP contribution in [0.4, 0.5) is 0 Å². The van der Waals surface area contributed by atoms with E-state index < -0.39 is 0 Å². The number of nitrogens with zero attached hydrogens (tertiary/aromatic N) is 4. The third-order valence-electron chi connectivity index (χ3n) is 4.93. The standard InChI is InChI=1S/C20H28N4O2S/c1-16-9-6-7-12-23(16)18(25)15-27-20-22-21-19(17-10-4-3-5-11-17)24(20)13-8-14-26-2/h3-5,10-11,16H,6-9,12-15H2,1-2H3. The van der Waals surface area contributed by atoms with Gasteiger partial charge in [0.2, 0.25) is 5.91 Å². The van der Waals surface area contributed by atoms with Crippen LogP contribution in [0.15, 0.2) is 35.5 Å². The van der Waals surface area contributed by atoms with E-state index in [0.29, 0.717) is 18.4 Å². The summed E-state index contributed by atoms with van der Waals surface area (Å²) in [6.45, 7) is 4.46. The average molecular weight is 389 g/mol. The molecule has 0 spiro atoms. The van der Waals surface area contributed by atoms with Gasteiger partial charge in [0.25, 0.3) is 0 Å². The quantitative estimate of drug-likeness (QED) is 0.512. The lowest BCUT2D eigenvalue weighted by Gasteiger charge is -2.33. The van der Waals surface area contributed by atoms with E-state index in [0.717, 1.165) is 48.9 Å². The second-order valence-electron chi connectivity index (χ2n) is 6.89. The Bertz CT molecular complexity index is 735. The van der Waals surface area contributed by atoms with Crippen LogP contribution in [0.3, 0.4) is 0 Å². The molecule has 0 saturated carbocycles. The molecule has 6 nitrogen and oxygen atoms in total. The van der Waals surface area contributed by atoms with Crippen molar-refractivity contribution < 1.29 is 9.53 Å². The fourth-order valence-electron chi connectivity index (χ4n) is 3.44. The molecule has 0 bridgehead atoms. The molecule has 1 aliphatic heterocycles. The summed E-state index contributed by atoms with van der Waals surface area (Å²) >= 11 is 1.48. The molecule has 0 radical (unpaired) electrons. The monoisotopic (exact) mass is 388 g/mol. The number of benzene rings is 1. The van der Waals surface area contributed by atoms with Crippen LogP contribution in [0.2, 0.25) is 0 Å². The number of carbonyl (C=O) groups is 1. The van der Waals surface area contributed by atoms with Crippen molar-refractivity contribution in [1.29, 1.82) is 0 Å². The van der Waals surface area contributed by atoms with Crippen LogP contribution in [0.1, 0.15) is 32.6 Å². The number of likely N-dealkylation sites (tertiary alicyclic amines) is 1. The van der Waals surface area contributed by atoms with Gasteiger partial charge in [-0.3, -0.25) is 4.79 Å². The number of aromatic nitrogens is 3. The summed E-state index contributed by atoms with van der Waals surface area (Å²) in [5.74, 6) is 1.44. The highest BCUT2D eigenvalue weighted by molar-refractivity contribution is 7.99. The average Bonchev–Trinajstić information content (AvgIpc) is 3.10. The lowest BCUT2D eigenvalue weighted by molar-refractivity contribution is -0.131. The van der Waals surface area contributed by atoms with Gasteiger partial charge >= 0.3 is 0 Å². The van der Waals surface area contributed by atoms with E-state index in [-0.39, 0.29) is 5.91 Å². The first-order valence-electron chi connectivity index (χ1n) is 9.60. The Kier molecular flexibility index (Phi) is 7.29. The third kappa shape index (κ3) is 5.11. The van der Waals surface area contributed by atoms with Crippen LogP contribution in [0.5, 0.6) is 0 Å². The Hall–Kier alpha value is -1.86. The zero-order valence-electron chi connectivity index (χ0n) is 16.1. The maximum atomic E-state index is 12.7. The fourth-order valence-corrected chi connectivity index (χ4v) is 4.29. The molecule has 1 unspecified atom stereocenters. The lowest BCUT2D eigenvalue weighted by atomic mass is 10.0. The first-order chi connectivity index (χ1) is 13.2. The maximum absolute atomic E-state index is 12.7. The molecule has 1 aliphatic rings. The minimum absolute atomic E-state index is 0.194. The molecule has 3 rings (SSSR count). The summed E-state index contributed by atoms with van der Waals surface area (Å²) in [7, 11) is 1.71. The number of piperidine rings is 1. The van der Waals surface area contributed by atoms with Crippen molar-refractivity contribution in [2.45, 2.75) is 50.4 Å². The second-order valence-corrected chi connectivity index (χ2v) is 7.83. The Morgan fingerprint density at radius 1 is 1.26 bits per heavy atom. The van der Waals surface area contributed by atoms with Crippen molar-refractivity contribution in [2.24, 2.45) is 0 Å². The molecule has 1 amide bonds. The zero-order valence-corrected chi connectivity index (χ0v) is 17.0. The highest BCUT2D eigenvalue weighted by Gasteiger charge is 2.24. The van der Waals surface area contributed by atoms with Crippen LogP contribution < -0.4 is 0 Å². The molecule has 146 valence electrons. The van der Waals surface area contributed by atoms with Gasteiger partial charge in [-0.05, 0) is 32.6 Å². The predicted molar refractivity (Wildman–Crippen MR) is 108 cm³/mol. The van der Waals surface area contributed by atoms with Gasteiger partial charge in [-0.15, -0.1) is 10.2 Å². The number of hydrogen-bond acceptors (Lipinski definition) is 5. The number of carbonyl (C=O) groups excluding carboxylic acids is 1. The number of ether oxygens (including phenoxy) is 1. The molecule has 1 aromatic carbocycles. The van der Waals surface area contributed by atoms with Gasteiger partial charge in [-0.25, -0.2) is 0 Å². The Balaban J connectivity index is 1.72. The second kappa shape index (κ2) is 9.90. The van der Waals surface area contributed by atoms with Gasteiger partial charge in [-0.2, -0.15) is 0 Å². The summed E-state index contributed by atoms with van der Waals surface area (Å²) in [6, 6.07) is 10.4. The van der Waals surface area contributed by atoms with Gasteiger partial charge in [0.05, 0.1) is 5.75 Å². The van der Waals surface area contributed by atoms with Gasteiger partial charge in [-0.1, -0.05) is 42.1 Å². The van der Waals surface area contributed by atoms with Crippen molar-refractivity contribution in [3.8, 4) is 11.4 Å². The lowest BCUT2D eigenvalue weighted by Crippen LogP contribution is -2.43. The van der Waals surface area contributed by atoms with E-state index in [4.69, 9.17) is 4.74 Å². The molecule has 1 atom stereocenters. The number of rotatable bonds is 8. The first-order valence-corrected chi connectivity index (χ1v) is 10.6. The molecule has 1 aromatic heterocycles. The van der Waals surface area contributed by atoms with Crippen molar-refractivity contribution in [2.75, 3.05) is 26.0 Å². The summed E-state index contributed by atoms with van der Waals surface area (Å²) in [4.78, 5) is 14.7. The summed E-state index contributed by atoms with van der Waals surface area (Å²) in [6.07, 6.45) is 4.29. The minimum Gasteiger partial charge on any atom is -0.385 e. The predicted octanol–water partition coefficient (Wildman–Crippen LogP) is 3.47. The van der Waals surface area contributed by atoms with E-state index in [9.17, 15) is 4.79 Å². The molecule has 2 aromatic rings. The maximum Gasteiger partial charge on any atom is 0.233 e. The Morgan fingerprint density at radius 2 is 2.07 bits per heavy atom. The SMILES string of the molecule is COCCCn1c(SCC(=O)N2CCCCC2C)nnc1-c1ccccc1. The van der Waals surface area contributed by atoms with Crippen molar-refractivity contribution in [3.63, 3.8) is 0 Å². The van der Waals surface area contributed by atoms with Crippen molar-refractivity contribution in [1.82, 2.24) is 19.7 Å². The Labute approximate surface area is 165 Å². The highest BCUT2D eigenvalue weighted by Crippen LogP contribution is 2.25. The van der Waals surface area contributed by atoms with Gasteiger partial charge in [0, 0.05) is 38.4 Å². The van der Waals surface area contributed by atoms with E-state index in [2.05, 4.69) is 21.7 Å². The zero-order chi connectivity index (χ0) is 19.1. The summed E-state index contributed by atoms with van der Waals surface area (Å²) in [5.41, 5.74) is 1.03. The van der Waals surface area contributed by atoms with Gasteiger partial charge in [0.15, 0.2) is 11.0 Å². The number of hydrogen-bond donors (Lipinski definition) is 0. The molecule has 7 heteroatoms. The number of amides is 1. The smallest absolute Gasteiger partial charge is 0.233 e. The highest BCUT2D eigenvalue weighted by atomic mass is 32.2. The molecule has 0 N–H and O–H groups in total. The Morgan fingerprint density at radius 3 is 2.81 bits per heavy atom. The molecule has 27 heavy (non-hydrogen) atoms. The summed E-state index contributed by atoms with van der Waals surface area (Å²) in [5, 5.41) is 9.56. The van der Waals surface area contributed by atoms with Gasteiger partial charge < -0.3 is 14.2 Å². The normalized spacial score (nSPS) is 17.3. The van der Waals surface area contributed by atoms with Crippen LogP contribution in [0, 0.1) is 0 Å². The first kappa shape index (κ1) is 19.9. The van der Waals surface area contributed by atoms with Crippen LogP contribution >= 0.6 is 11.8 Å². The molecular formula is C20H28N4O2S. The number of thioether (sulfide) groups is 1. The molecular weight excluding hydrogens is 360 g/mol. The van der Waals surface area contributed by atoms with E-state index in [1.165, 1.54) is 18.2 Å². The topological polar surface area (TPSA) is 60.2 Å². The van der Waals surface area contributed by atoms with Crippen LogP contribution in [-0.2, 0) is 16.1 Å². The summed E-state index contributed by atoms with van der Waals surface area (Å²) < 4.78 is 7.30. The molecule has 1 saturated heterocycles. The van der Waals surface area contributed by atoms with E-state index in [1.54, 1.807) is 7.11 Å². The van der Waals surface area contributed by atoms with E-state index in [1.807, 2.05) is 35.2 Å². The van der Waals surface area contributed by atoms with Gasteiger partial charge in [0.1, 0.15) is 0 Å². The third-order valence-corrected chi connectivity index (χ3v) is 5.88.